The minimum atomic E-state index is -1.99. The van der Waals surface area contributed by atoms with Crippen molar-refractivity contribution in [3.63, 3.8) is 0 Å². The van der Waals surface area contributed by atoms with Crippen molar-refractivity contribution in [3.8, 4) is 0 Å². The van der Waals surface area contributed by atoms with E-state index in [1.165, 1.54) is 0 Å². The van der Waals surface area contributed by atoms with E-state index in [1.807, 2.05) is 21.3 Å². The summed E-state index contributed by atoms with van der Waals surface area (Å²) in [5.41, 5.74) is 0. The van der Waals surface area contributed by atoms with E-state index in [0.29, 0.717) is 25.7 Å². The van der Waals surface area contributed by atoms with Crippen LogP contribution in [0.2, 0.25) is 0 Å². The average molecular weight is 634 g/mol. The molecule has 24 heavy (non-hydrogen) atoms. The van der Waals surface area contributed by atoms with Gasteiger partial charge in [-0.3, -0.25) is 0 Å². The molecule has 3 nitrogen and oxygen atoms in total. The van der Waals surface area contributed by atoms with E-state index in [9.17, 15) is 0 Å². The molecular formula is C3H44O3Si18. The number of hydrogen-bond donors (Lipinski definition) is 0. The lowest BCUT2D eigenvalue weighted by Gasteiger charge is -2.24. The summed E-state index contributed by atoms with van der Waals surface area (Å²) in [7, 11) is 16.8. The first kappa shape index (κ1) is 27.8. The first-order valence-electron chi connectivity index (χ1n) is 10.4. The number of hydrogen-bond acceptors (Lipinski definition) is 3. The molecule has 0 aromatic rings. The smallest absolute Gasteiger partial charge is 0.380 e. The highest BCUT2D eigenvalue weighted by atomic mass is 30.1. The Morgan fingerprint density at radius 1 is 0.500 bits per heavy atom. The van der Waals surface area contributed by atoms with E-state index in [1.54, 1.807) is 9.76 Å². The Morgan fingerprint density at radius 3 is 1.08 bits per heavy atom. The van der Waals surface area contributed by atoms with Crippen LogP contribution in [0.1, 0.15) is 0 Å². The maximum Gasteiger partial charge on any atom is 0.457 e. The predicted octanol–water partition coefficient (Wildman–Crippen LogP) is -15.9. The fraction of sp³-hybridized carbons (Fsp3) is 1.00. The first-order valence-corrected chi connectivity index (χ1v) is 80.1. The average Bonchev–Trinajstić information content (AvgIpc) is 2.62. The van der Waals surface area contributed by atoms with E-state index in [-0.39, 0.29) is 8.55 Å². The van der Waals surface area contributed by atoms with Crippen LogP contribution in [0.5, 0.6) is 0 Å². The Bertz CT molecular complexity index is 243. The summed E-state index contributed by atoms with van der Waals surface area (Å²) in [5, 5.41) is 0. The maximum absolute atomic E-state index is 5.64. The normalized spacial score (nSPS) is 20.1. The fourth-order valence-corrected chi connectivity index (χ4v) is 633. The van der Waals surface area contributed by atoms with Crippen LogP contribution in [0, 0.1) is 0 Å². The molecule has 0 spiro atoms. The minimum absolute atomic E-state index is 0.0446. The SMILES string of the molecule is CO[Si](OC)(OC)[SiH2][SiH2][SiH2][SiH2][SiH2][SiH2][SiH2][SiH2][SiH2][SiH2][SiH2][SiH2][SiH2][SiH2][SiH2][SiH2][SiH3]. The van der Waals surface area contributed by atoms with Crippen molar-refractivity contribution < 1.29 is 13.3 Å². The Morgan fingerprint density at radius 2 is 0.792 bits per heavy atom. The van der Waals surface area contributed by atoms with Gasteiger partial charge in [0.1, 0.15) is 8.55 Å². The summed E-state index contributed by atoms with van der Waals surface area (Å²) < 4.78 is 16.9. The van der Waals surface area contributed by atoms with Crippen molar-refractivity contribution in [1.29, 1.82) is 0 Å². The molecule has 21 heteroatoms. The second-order valence-corrected chi connectivity index (χ2v) is 160. The van der Waals surface area contributed by atoms with Crippen molar-refractivity contribution in [2.24, 2.45) is 0 Å². The molecule has 0 saturated heterocycles. The highest BCUT2D eigenvalue weighted by Crippen LogP contribution is 2.01. The molecule has 0 fully saturated rings. The quantitative estimate of drug-likeness (QED) is 0.105. The van der Waals surface area contributed by atoms with Crippen molar-refractivity contribution >= 4 is 155 Å². The fourth-order valence-electron chi connectivity index (χ4n) is 3.27. The molecular weight excluding hydrogens is 590 g/mol. The maximum atomic E-state index is 5.64. The lowest BCUT2D eigenvalue weighted by molar-refractivity contribution is 0.149. The molecule has 0 bridgehead atoms. The monoisotopic (exact) mass is 632 g/mol. The van der Waals surface area contributed by atoms with Gasteiger partial charge in [0.15, 0.2) is 0 Å². The zero-order valence-electron chi connectivity index (χ0n) is 17.0. The Hall–Kier alpha value is 3.78. The van der Waals surface area contributed by atoms with E-state index < -0.39 is 8.32 Å². The van der Waals surface area contributed by atoms with Gasteiger partial charge in [0.05, 0.1) is 0 Å². The molecule has 0 unspecified atom stereocenters. The van der Waals surface area contributed by atoms with Crippen molar-refractivity contribution in [1.82, 2.24) is 0 Å². The summed E-state index contributed by atoms with van der Waals surface area (Å²) in [6.45, 7) is 0. The second-order valence-electron chi connectivity index (χ2n) is 7.00. The third-order valence-corrected chi connectivity index (χ3v) is 320. The third-order valence-electron chi connectivity index (χ3n) is 5.02. The largest absolute Gasteiger partial charge is 0.457 e. The van der Waals surface area contributed by atoms with Crippen molar-refractivity contribution in [3.05, 3.63) is 0 Å². The zero-order valence-corrected chi connectivity index (χ0v) is 42.7. The summed E-state index contributed by atoms with van der Waals surface area (Å²) >= 11 is 0. The van der Waals surface area contributed by atoms with Gasteiger partial charge in [-0.25, -0.2) is 0 Å². The van der Waals surface area contributed by atoms with Gasteiger partial charge in [-0.15, -0.1) is 0 Å². The summed E-state index contributed by atoms with van der Waals surface area (Å²) in [6.07, 6.45) is 0. The van der Waals surface area contributed by atoms with Gasteiger partial charge in [0.25, 0.3) is 0 Å². The molecule has 0 radical (unpaired) electrons. The summed E-state index contributed by atoms with van der Waals surface area (Å²) in [6, 6.07) is 0. The van der Waals surface area contributed by atoms with Gasteiger partial charge >= 0.3 is 8.32 Å². The summed E-state index contributed by atoms with van der Waals surface area (Å²) in [5.74, 6) is 0. The molecule has 146 valence electrons. The van der Waals surface area contributed by atoms with Gasteiger partial charge in [0, 0.05) is 29.9 Å². The topological polar surface area (TPSA) is 27.7 Å². The van der Waals surface area contributed by atoms with Gasteiger partial charge < -0.3 is 13.3 Å². The molecule has 0 aromatic heterocycles. The second kappa shape index (κ2) is 21.5. The molecule has 0 aliphatic rings. The lowest BCUT2D eigenvalue weighted by atomic mass is 11.8. The van der Waals surface area contributed by atoms with E-state index in [2.05, 4.69) is 0 Å². The van der Waals surface area contributed by atoms with E-state index in [4.69, 9.17) is 13.3 Å². The molecule has 0 aromatic carbocycles. The highest BCUT2D eigenvalue weighted by Gasteiger charge is 2.36. The van der Waals surface area contributed by atoms with Gasteiger partial charge in [-0.2, -0.15) is 0 Å². The predicted molar refractivity (Wildman–Crippen MR) is 173 cm³/mol. The third kappa shape index (κ3) is 16.7. The first-order chi connectivity index (χ1) is 11.7. The molecule has 0 saturated carbocycles. The molecule has 0 aliphatic heterocycles. The van der Waals surface area contributed by atoms with E-state index in [0.717, 1.165) is 103 Å². The number of rotatable bonds is 19. The standard InChI is InChI=1S/C3H44O3Si18/c1-4-24(5-2,6-3)23-22-21-20-19-18-17-16-15-14-13-12-11-10-9-8-7/h8-23H2,1-3,7H3. The van der Waals surface area contributed by atoms with Crippen LogP contribution in [0.4, 0.5) is 0 Å². The van der Waals surface area contributed by atoms with Gasteiger partial charge in [-0.1, -0.05) is 0 Å². The molecule has 0 rings (SSSR count). The van der Waals surface area contributed by atoms with Crippen LogP contribution in [0.15, 0.2) is 0 Å². The molecule has 0 atom stereocenters. The molecule has 0 heterocycles. The van der Waals surface area contributed by atoms with Crippen LogP contribution in [0.3, 0.4) is 0 Å². The Labute approximate surface area is 187 Å². The lowest BCUT2D eigenvalue weighted by Crippen LogP contribution is -2.53. The van der Waals surface area contributed by atoms with Gasteiger partial charge in [-0.05, 0) is 130 Å². The van der Waals surface area contributed by atoms with Crippen LogP contribution in [-0.4, -0.2) is 176 Å². The van der Waals surface area contributed by atoms with Crippen molar-refractivity contribution in [2.45, 2.75) is 0 Å². The summed E-state index contributed by atoms with van der Waals surface area (Å²) in [4.78, 5) is 0. The van der Waals surface area contributed by atoms with Crippen LogP contribution < -0.4 is 0 Å². The molecule has 0 aliphatic carbocycles. The minimum Gasteiger partial charge on any atom is -0.380 e. The molecule has 0 N–H and O–H groups in total. The Kier molecular flexibility index (Phi) is 24.9. The van der Waals surface area contributed by atoms with Gasteiger partial charge in [0.2, 0.25) is 0 Å². The van der Waals surface area contributed by atoms with Crippen LogP contribution >= 0.6 is 0 Å². The Balaban J connectivity index is 3.23. The van der Waals surface area contributed by atoms with Crippen molar-refractivity contribution in [2.75, 3.05) is 21.3 Å². The van der Waals surface area contributed by atoms with E-state index >= 15 is 0 Å². The van der Waals surface area contributed by atoms with Crippen LogP contribution in [0.25, 0.3) is 0 Å². The highest BCUT2D eigenvalue weighted by molar-refractivity contribution is 7.74. The molecule has 0 amide bonds. The van der Waals surface area contributed by atoms with Crippen LogP contribution in [-0.2, 0) is 13.3 Å². The zero-order chi connectivity index (χ0) is 17.9.